The van der Waals surface area contributed by atoms with Crippen LogP contribution in [0, 0.1) is 20.8 Å². The van der Waals surface area contributed by atoms with Gasteiger partial charge in [-0.25, -0.2) is 0 Å². The second-order valence-corrected chi connectivity index (χ2v) is 5.65. The lowest BCUT2D eigenvalue weighted by atomic mass is 9.88. The zero-order chi connectivity index (χ0) is 14.0. The molecule has 0 bridgehead atoms. The third kappa shape index (κ3) is 2.77. The van der Waals surface area contributed by atoms with Crippen LogP contribution in [0.4, 0.5) is 0 Å². The highest BCUT2D eigenvalue weighted by Crippen LogP contribution is 2.32. The molecule has 0 amide bonds. The summed E-state index contributed by atoms with van der Waals surface area (Å²) in [5.74, 6) is 0.991. The number of hydrogen-bond acceptors (Lipinski definition) is 3. The molecule has 1 saturated heterocycles. The molecule has 1 heterocycles. The van der Waals surface area contributed by atoms with Crippen LogP contribution < -0.4 is 15.8 Å². The highest BCUT2D eigenvalue weighted by atomic mass is 16.5. The molecule has 2 unspecified atom stereocenters. The molecule has 1 aliphatic rings. The standard InChI is InChI=1S/C16H26N2O/c1-10-9-13(11(2)12(3)16(10)19-4)15(17)14-7-5-6-8-18-14/h9,14-15,18H,5-8,17H2,1-4H3. The van der Waals surface area contributed by atoms with Gasteiger partial charge in [0.25, 0.3) is 0 Å². The number of rotatable bonds is 3. The largest absolute Gasteiger partial charge is 0.496 e. The van der Waals surface area contributed by atoms with E-state index in [2.05, 4.69) is 32.2 Å². The number of piperidine rings is 1. The topological polar surface area (TPSA) is 47.3 Å². The van der Waals surface area contributed by atoms with Crippen molar-refractivity contribution >= 4 is 0 Å². The van der Waals surface area contributed by atoms with Gasteiger partial charge in [0.2, 0.25) is 0 Å². The SMILES string of the molecule is COc1c(C)cc(C(N)C2CCCCN2)c(C)c1C. The van der Waals surface area contributed by atoms with Gasteiger partial charge in [0.15, 0.2) is 0 Å². The van der Waals surface area contributed by atoms with E-state index in [1.54, 1.807) is 7.11 Å². The monoisotopic (exact) mass is 262 g/mol. The number of ether oxygens (including phenoxy) is 1. The highest BCUT2D eigenvalue weighted by molar-refractivity contribution is 5.50. The summed E-state index contributed by atoms with van der Waals surface area (Å²) in [4.78, 5) is 0. The number of methoxy groups -OCH3 is 1. The molecule has 1 aromatic carbocycles. The molecule has 1 aromatic rings. The van der Waals surface area contributed by atoms with Gasteiger partial charge in [-0.3, -0.25) is 0 Å². The van der Waals surface area contributed by atoms with Gasteiger partial charge in [0, 0.05) is 12.1 Å². The minimum Gasteiger partial charge on any atom is -0.496 e. The summed E-state index contributed by atoms with van der Waals surface area (Å²) in [5, 5.41) is 3.56. The Balaban J connectivity index is 2.33. The Kier molecular flexibility index (Phi) is 4.48. The number of aryl methyl sites for hydroxylation is 1. The van der Waals surface area contributed by atoms with E-state index in [4.69, 9.17) is 10.5 Å². The Morgan fingerprint density at radius 1 is 1.26 bits per heavy atom. The zero-order valence-electron chi connectivity index (χ0n) is 12.5. The Morgan fingerprint density at radius 2 is 2.00 bits per heavy atom. The lowest BCUT2D eigenvalue weighted by Crippen LogP contribution is -2.42. The molecule has 0 radical (unpaired) electrons. The van der Waals surface area contributed by atoms with Gasteiger partial charge in [-0.05, 0) is 62.4 Å². The van der Waals surface area contributed by atoms with Crippen molar-refractivity contribution in [3.63, 3.8) is 0 Å². The van der Waals surface area contributed by atoms with E-state index in [0.717, 1.165) is 12.3 Å². The van der Waals surface area contributed by atoms with Gasteiger partial charge in [-0.15, -0.1) is 0 Å². The molecule has 0 saturated carbocycles. The summed E-state index contributed by atoms with van der Waals surface area (Å²) >= 11 is 0. The van der Waals surface area contributed by atoms with Crippen LogP contribution in [0.15, 0.2) is 6.07 Å². The van der Waals surface area contributed by atoms with Crippen molar-refractivity contribution in [2.24, 2.45) is 5.73 Å². The van der Waals surface area contributed by atoms with Crippen LogP contribution in [0.2, 0.25) is 0 Å². The summed E-state index contributed by atoms with van der Waals surface area (Å²) in [6.45, 7) is 7.45. The van der Waals surface area contributed by atoms with Crippen LogP contribution in [-0.2, 0) is 0 Å². The van der Waals surface area contributed by atoms with Crippen LogP contribution in [-0.4, -0.2) is 19.7 Å². The molecule has 0 spiro atoms. The molecular weight excluding hydrogens is 236 g/mol. The van der Waals surface area contributed by atoms with E-state index in [1.165, 1.54) is 41.5 Å². The van der Waals surface area contributed by atoms with Gasteiger partial charge < -0.3 is 15.8 Å². The fourth-order valence-electron chi connectivity index (χ4n) is 3.15. The Bertz CT molecular complexity index is 451. The molecule has 3 nitrogen and oxygen atoms in total. The Labute approximate surface area is 116 Å². The summed E-state index contributed by atoms with van der Waals surface area (Å²) in [5.41, 5.74) is 11.4. The molecule has 106 valence electrons. The summed E-state index contributed by atoms with van der Waals surface area (Å²) in [6, 6.07) is 2.67. The maximum absolute atomic E-state index is 6.50. The molecule has 1 aliphatic heterocycles. The van der Waals surface area contributed by atoms with Crippen LogP contribution in [0.5, 0.6) is 5.75 Å². The van der Waals surface area contributed by atoms with E-state index in [0.29, 0.717) is 6.04 Å². The second kappa shape index (κ2) is 5.93. The molecule has 19 heavy (non-hydrogen) atoms. The number of benzene rings is 1. The first-order valence-corrected chi connectivity index (χ1v) is 7.20. The van der Waals surface area contributed by atoms with E-state index >= 15 is 0 Å². The first kappa shape index (κ1) is 14.4. The quantitative estimate of drug-likeness (QED) is 0.880. The molecule has 0 aromatic heterocycles. The van der Waals surface area contributed by atoms with Crippen molar-refractivity contribution in [2.75, 3.05) is 13.7 Å². The average Bonchev–Trinajstić information content (AvgIpc) is 2.43. The molecule has 1 fully saturated rings. The fraction of sp³-hybridized carbons (Fsp3) is 0.625. The Morgan fingerprint density at radius 3 is 2.58 bits per heavy atom. The van der Waals surface area contributed by atoms with Gasteiger partial charge in [0.1, 0.15) is 5.75 Å². The van der Waals surface area contributed by atoms with E-state index < -0.39 is 0 Å². The van der Waals surface area contributed by atoms with Crippen molar-refractivity contribution < 1.29 is 4.74 Å². The third-order valence-electron chi connectivity index (χ3n) is 4.41. The first-order chi connectivity index (χ1) is 9.06. The van der Waals surface area contributed by atoms with Crippen LogP contribution in [0.1, 0.15) is 47.6 Å². The molecule has 2 rings (SSSR count). The molecule has 2 atom stereocenters. The van der Waals surface area contributed by atoms with Crippen molar-refractivity contribution in [1.29, 1.82) is 0 Å². The van der Waals surface area contributed by atoms with Crippen molar-refractivity contribution in [3.05, 3.63) is 28.3 Å². The highest BCUT2D eigenvalue weighted by Gasteiger charge is 2.24. The van der Waals surface area contributed by atoms with Crippen LogP contribution in [0.25, 0.3) is 0 Å². The molecular formula is C16H26N2O. The van der Waals surface area contributed by atoms with Gasteiger partial charge in [0.05, 0.1) is 7.11 Å². The minimum atomic E-state index is 0.0728. The Hall–Kier alpha value is -1.06. The van der Waals surface area contributed by atoms with Gasteiger partial charge in [-0.1, -0.05) is 12.5 Å². The second-order valence-electron chi connectivity index (χ2n) is 5.65. The maximum atomic E-state index is 6.50. The van der Waals surface area contributed by atoms with E-state index in [1.807, 2.05) is 0 Å². The summed E-state index contributed by atoms with van der Waals surface area (Å²) in [6.07, 6.45) is 3.71. The fourth-order valence-corrected chi connectivity index (χ4v) is 3.15. The van der Waals surface area contributed by atoms with E-state index in [-0.39, 0.29) is 6.04 Å². The number of hydrogen-bond donors (Lipinski definition) is 2. The van der Waals surface area contributed by atoms with Crippen molar-refractivity contribution in [1.82, 2.24) is 5.32 Å². The summed E-state index contributed by atoms with van der Waals surface area (Å²) in [7, 11) is 1.73. The smallest absolute Gasteiger partial charge is 0.124 e. The number of nitrogens with two attached hydrogens (primary N) is 1. The van der Waals surface area contributed by atoms with Crippen molar-refractivity contribution in [2.45, 2.75) is 52.1 Å². The maximum Gasteiger partial charge on any atom is 0.124 e. The predicted molar refractivity (Wildman–Crippen MR) is 79.8 cm³/mol. The third-order valence-corrected chi connectivity index (χ3v) is 4.41. The molecule has 3 N–H and O–H groups in total. The van der Waals surface area contributed by atoms with Crippen molar-refractivity contribution in [3.8, 4) is 5.75 Å². The lowest BCUT2D eigenvalue weighted by molar-refractivity contribution is 0.352. The summed E-state index contributed by atoms with van der Waals surface area (Å²) < 4.78 is 5.48. The van der Waals surface area contributed by atoms with Gasteiger partial charge >= 0.3 is 0 Å². The first-order valence-electron chi connectivity index (χ1n) is 7.20. The average molecular weight is 262 g/mol. The normalized spacial score (nSPS) is 21.2. The van der Waals surface area contributed by atoms with Crippen LogP contribution in [0.3, 0.4) is 0 Å². The van der Waals surface area contributed by atoms with E-state index in [9.17, 15) is 0 Å². The predicted octanol–water partition coefficient (Wildman–Crippen LogP) is 2.76. The van der Waals surface area contributed by atoms with Gasteiger partial charge in [-0.2, -0.15) is 0 Å². The molecule has 3 heteroatoms. The number of nitrogens with one attached hydrogen (secondary N) is 1. The zero-order valence-corrected chi connectivity index (χ0v) is 12.5. The molecule has 0 aliphatic carbocycles. The minimum absolute atomic E-state index is 0.0728. The van der Waals surface area contributed by atoms with Crippen LogP contribution >= 0.6 is 0 Å². The lowest BCUT2D eigenvalue weighted by Gasteiger charge is -2.31.